The minimum Gasteiger partial charge on any atom is -0.382 e. The average Bonchev–Trinajstić information content (AvgIpc) is 2.24. The summed E-state index contributed by atoms with van der Waals surface area (Å²) < 4.78 is 5.53. The van der Waals surface area contributed by atoms with Crippen LogP contribution in [0.4, 0.5) is 0 Å². The van der Waals surface area contributed by atoms with Crippen molar-refractivity contribution in [1.82, 2.24) is 4.98 Å². The third-order valence-corrected chi connectivity index (χ3v) is 2.24. The first kappa shape index (κ1) is 12.6. The second-order valence-corrected chi connectivity index (χ2v) is 4.16. The highest BCUT2D eigenvalue weighted by atomic mass is 16.5. The fraction of sp³-hybridized carbons (Fsp3) is 0.500. The van der Waals surface area contributed by atoms with Crippen LogP contribution in [0.3, 0.4) is 0 Å². The standard InChI is InChI=1S/C12H19N3O/c1-9(2)5-7-16-8-10-4-3-6-15-11(10)12(13)14/h3-4,6,9H,5,7-8H2,1-2H3,(H3,13,14). The van der Waals surface area contributed by atoms with Crippen LogP contribution in [0, 0.1) is 11.3 Å². The van der Waals surface area contributed by atoms with E-state index in [2.05, 4.69) is 18.8 Å². The van der Waals surface area contributed by atoms with Gasteiger partial charge in [0.05, 0.1) is 6.61 Å². The summed E-state index contributed by atoms with van der Waals surface area (Å²) in [4.78, 5) is 4.06. The normalized spacial score (nSPS) is 10.7. The van der Waals surface area contributed by atoms with E-state index in [-0.39, 0.29) is 5.84 Å². The highest BCUT2D eigenvalue weighted by Gasteiger charge is 2.05. The van der Waals surface area contributed by atoms with Gasteiger partial charge in [-0.1, -0.05) is 19.9 Å². The van der Waals surface area contributed by atoms with E-state index in [1.165, 1.54) is 0 Å². The maximum Gasteiger partial charge on any atom is 0.142 e. The quantitative estimate of drug-likeness (QED) is 0.438. The van der Waals surface area contributed by atoms with E-state index in [9.17, 15) is 0 Å². The van der Waals surface area contributed by atoms with Crippen LogP contribution in [0.1, 0.15) is 31.5 Å². The highest BCUT2D eigenvalue weighted by Crippen LogP contribution is 2.07. The third-order valence-electron chi connectivity index (χ3n) is 2.24. The first-order chi connectivity index (χ1) is 7.61. The van der Waals surface area contributed by atoms with Crippen molar-refractivity contribution in [3.05, 3.63) is 29.6 Å². The number of ether oxygens (including phenoxy) is 1. The van der Waals surface area contributed by atoms with Gasteiger partial charge in [-0.3, -0.25) is 10.4 Å². The molecule has 3 N–H and O–H groups in total. The fourth-order valence-electron chi connectivity index (χ4n) is 1.30. The maximum absolute atomic E-state index is 7.38. The predicted octanol–water partition coefficient (Wildman–Crippen LogP) is 1.93. The molecule has 1 heterocycles. The van der Waals surface area contributed by atoms with E-state index in [1.54, 1.807) is 6.20 Å². The van der Waals surface area contributed by atoms with Gasteiger partial charge in [-0.25, -0.2) is 0 Å². The van der Waals surface area contributed by atoms with E-state index in [4.69, 9.17) is 15.9 Å². The van der Waals surface area contributed by atoms with Crippen molar-refractivity contribution < 1.29 is 4.74 Å². The minimum absolute atomic E-state index is 0.0111. The van der Waals surface area contributed by atoms with Crippen LogP contribution in [0.2, 0.25) is 0 Å². The lowest BCUT2D eigenvalue weighted by Crippen LogP contribution is -2.16. The summed E-state index contributed by atoms with van der Waals surface area (Å²) >= 11 is 0. The molecule has 4 nitrogen and oxygen atoms in total. The Kier molecular flexibility index (Phi) is 4.92. The molecular weight excluding hydrogens is 202 g/mol. The molecule has 0 spiro atoms. The highest BCUT2D eigenvalue weighted by molar-refractivity contribution is 5.94. The molecule has 1 rings (SSSR count). The molecule has 0 radical (unpaired) electrons. The van der Waals surface area contributed by atoms with E-state index >= 15 is 0 Å². The summed E-state index contributed by atoms with van der Waals surface area (Å²) in [5, 5.41) is 7.38. The molecule has 0 bridgehead atoms. The Morgan fingerprint density at radius 1 is 1.56 bits per heavy atom. The van der Waals surface area contributed by atoms with Crippen LogP contribution in [0.25, 0.3) is 0 Å². The molecule has 88 valence electrons. The minimum atomic E-state index is -0.0111. The van der Waals surface area contributed by atoms with Crippen molar-refractivity contribution in [2.75, 3.05) is 6.61 Å². The van der Waals surface area contributed by atoms with E-state index in [0.717, 1.165) is 18.6 Å². The zero-order valence-electron chi connectivity index (χ0n) is 9.86. The van der Waals surface area contributed by atoms with Crippen molar-refractivity contribution in [3.8, 4) is 0 Å². The van der Waals surface area contributed by atoms with Crippen molar-refractivity contribution >= 4 is 5.84 Å². The van der Waals surface area contributed by atoms with Gasteiger partial charge in [0, 0.05) is 18.4 Å². The number of rotatable bonds is 6. The topological polar surface area (TPSA) is 72.0 Å². The number of nitrogens with one attached hydrogen (secondary N) is 1. The Labute approximate surface area is 96.3 Å². The van der Waals surface area contributed by atoms with Crippen LogP contribution < -0.4 is 5.73 Å². The molecule has 16 heavy (non-hydrogen) atoms. The number of amidine groups is 1. The molecule has 0 atom stereocenters. The molecule has 0 amide bonds. The number of nitrogens with zero attached hydrogens (tertiary/aromatic N) is 1. The van der Waals surface area contributed by atoms with Gasteiger partial charge in [0.1, 0.15) is 11.5 Å². The van der Waals surface area contributed by atoms with Crippen molar-refractivity contribution in [1.29, 1.82) is 5.41 Å². The van der Waals surface area contributed by atoms with Crippen molar-refractivity contribution in [2.24, 2.45) is 11.7 Å². The average molecular weight is 221 g/mol. The Morgan fingerprint density at radius 3 is 2.94 bits per heavy atom. The van der Waals surface area contributed by atoms with Crippen LogP contribution in [0.15, 0.2) is 18.3 Å². The molecule has 0 saturated heterocycles. The van der Waals surface area contributed by atoms with Gasteiger partial charge >= 0.3 is 0 Å². The fourth-order valence-corrected chi connectivity index (χ4v) is 1.30. The zero-order chi connectivity index (χ0) is 12.0. The predicted molar refractivity (Wildman–Crippen MR) is 64.4 cm³/mol. The summed E-state index contributed by atoms with van der Waals surface area (Å²) in [6.45, 7) is 5.52. The molecule has 0 aliphatic rings. The van der Waals surface area contributed by atoms with Gasteiger partial charge in [0.15, 0.2) is 0 Å². The summed E-state index contributed by atoms with van der Waals surface area (Å²) in [5.74, 6) is 0.629. The lowest BCUT2D eigenvalue weighted by Gasteiger charge is -2.09. The monoisotopic (exact) mass is 221 g/mol. The number of pyridine rings is 1. The van der Waals surface area contributed by atoms with Gasteiger partial charge in [-0.05, 0) is 18.4 Å². The summed E-state index contributed by atoms with van der Waals surface area (Å²) in [6.07, 6.45) is 2.67. The molecule has 0 aromatic carbocycles. The number of hydrogen-bond donors (Lipinski definition) is 2. The molecule has 4 heteroatoms. The second kappa shape index (κ2) is 6.23. The molecule has 1 aromatic heterocycles. The summed E-state index contributed by atoms with van der Waals surface area (Å²) in [5.41, 5.74) is 6.83. The van der Waals surface area contributed by atoms with Crippen LogP contribution >= 0.6 is 0 Å². The van der Waals surface area contributed by atoms with Crippen molar-refractivity contribution in [3.63, 3.8) is 0 Å². The first-order valence-corrected chi connectivity index (χ1v) is 5.47. The molecule has 0 aliphatic carbocycles. The molecule has 0 fully saturated rings. The van der Waals surface area contributed by atoms with Crippen LogP contribution in [0.5, 0.6) is 0 Å². The summed E-state index contributed by atoms with van der Waals surface area (Å²) in [7, 11) is 0. The first-order valence-electron chi connectivity index (χ1n) is 5.47. The lowest BCUT2D eigenvalue weighted by molar-refractivity contribution is 0.110. The molecule has 0 aliphatic heterocycles. The molecular formula is C12H19N3O. The Bertz CT molecular complexity index is 350. The van der Waals surface area contributed by atoms with E-state index in [0.29, 0.717) is 18.2 Å². The Balaban J connectivity index is 2.50. The van der Waals surface area contributed by atoms with Crippen LogP contribution in [-0.4, -0.2) is 17.4 Å². The third kappa shape index (κ3) is 3.98. The van der Waals surface area contributed by atoms with Gasteiger partial charge in [0.25, 0.3) is 0 Å². The van der Waals surface area contributed by atoms with E-state index < -0.39 is 0 Å². The zero-order valence-corrected chi connectivity index (χ0v) is 9.86. The maximum atomic E-state index is 7.38. The summed E-state index contributed by atoms with van der Waals surface area (Å²) in [6, 6.07) is 3.71. The number of hydrogen-bond acceptors (Lipinski definition) is 3. The molecule has 0 unspecified atom stereocenters. The van der Waals surface area contributed by atoms with Gasteiger partial charge < -0.3 is 10.5 Å². The van der Waals surface area contributed by atoms with Crippen LogP contribution in [-0.2, 0) is 11.3 Å². The van der Waals surface area contributed by atoms with Gasteiger partial charge in [0.2, 0.25) is 0 Å². The number of aromatic nitrogens is 1. The Hall–Kier alpha value is -1.42. The van der Waals surface area contributed by atoms with Gasteiger partial charge in [-0.15, -0.1) is 0 Å². The smallest absolute Gasteiger partial charge is 0.142 e. The largest absolute Gasteiger partial charge is 0.382 e. The second-order valence-electron chi connectivity index (χ2n) is 4.16. The van der Waals surface area contributed by atoms with Gasteiger partial charge in [-0.2, -0.15) is 0 Å². The SMILES string of the molecule is CC(C)CCOCc1cccnc1C(=N)N. The molecule has 1 aromatic rings. The number of nitrogens with two attached hydrogens (primary N) is 1. The number of nitrogen functional groups attached to an aromatic ring is 1. The van der Waals surface area contributed by atoms with Crippen molar-refractivity contribution in [2.45, 2.75) is 26.9 Å². The Morgan fingerprint density at radius 2 is 2.31 bits per heavy atom. The lowest BCUT2D eigenvalue weighted by atomic mass is 10.1. The molecule has 0 saturated carbocycles. The van der Waals surface area contributed by atoms with E-state index in [1.807, 2.05) is 12.1 Å².